The molecule has 2 aliphatic carbocycles. The molecule has 3 aliphatic rings. The highest BCUT2D eigenvalue weighted by Crippen LogP contribution is 2.41. The van der Waals surface area contributed by atoms with Crippen LogP contribution in [0.3, 0.4) is 0 Å². The predicted molar refractivity (Wildman–Crippen MR) is 140 cm³/mol. The zero-order valence-electron chi connectivity index (χ0n) is 23.2. The van der Waals surface area contributed by atoms with Crippen LogP contribution in [0.2, 0.25) is 0 Å². The molecular formula is C27H30F4N8O4. The van der Waals surface area contributed by atoms with Gasteiger partial charge in [0.15, 0.2) is 11.3 Å². The highest BCUT2D eigenvalue weighted by molar-refractivity contribution is 5.93. The molecule has 12 nitrogen and oxygen atoms in total. The van der Waals surface area contributed by atoms with Crippen LogP contribution < -0.4 is 10.6 Å². The van der Waals surface area contributed by atoms with Gasteiger partial charge < -0.3 is 20.3 Å². The van der Waals surface area contributed by atoms with Gasteiger partial charge >= 0.3 is 12.2 Å². The van der Waals surface area contributed by atoms with Gasteiger partial charge in [-0.25, -0.2) is 23.3 Å². The number of carbonyl (C=O) groups excluding carboxylic acids is 2. The Morgan fingerprint density at radius 3 is 2.67 bits per heavy atom. The van der Waals surface area contributed by atoms with E-state index in [1.165, 1.54) is 17.8 Å². The Labute approximate surface area is 242 Å². The van der Waals surface area contributed by atoms with E-state index in [2.05, 4.69) is 20.7 Å². The van der Waals surface area contributed by atoms with Gasteiger partial charge in [-0.2, -0.15) is 18.3 Å². The molecule has 1 unspecified atom stereocenters. The highest BCUT2D eigenvalue weighted by atomic mass is 19.4. The van der Waals surface area contributed by atoms with Crippen LogP contribution in [0.4, 0.5) is 22.4 Å². The highest BCUT2D eigenvalue weighted by Gasteiger charge is 2.48. The van der Waals surface area contributed by atoms with E-state index < -0.39 is 42.8 Å². The maximum Gasteiger partial charge on any atom is 0.410 e. The first kappa shape index (κ1) is 29.0. The first-order chi connectivity index (χ1) is 20.7. The summed E-state index contributed by atoms with van der Waals surface area (Å²) in [6.07, 6.45) is 3.27. The molecule has 3 atom stereocenters. The first-order valence-electron chi connectivity index (χ1n) is 14.1. The molecule has 16 heteroatoms. The number of methoxy groups -OCH3 is 1. The molecule has 1 saturated heterocycles. The number of halogens is 4. The van der Waals surface area contributed by atoms with E-state index in [1.54, 1.807) is 12.3 Å². The summed E-state index contributed by atoms with van der Waals surface area (Å²) < 4.78 is 64.8. The molecule has 2 saturated carbocycles. The second kappa shape index (κ2) is 11.5. The van der Waals surface area contributed by atoms with Crippen molar-refractivity contribution in [1.82, 2.24) is 40.4 Å². The molecule has 3 amide bonds. The summed E-state index contributed by atoms with van der Waals surface area (Å²) >= 11 is 0. The van der Waals surface area contributed by atoms with Gasteiger partial charge in [-0.3, -0.25) is 4.79 Å². The number of rotatable bonds is 9. The number of fused-ring (bicyclic) bond motifs is 1. The van der Waals surface area contributed by atoms with Crippen molar-refractivity contribution in [3.8, 4) is 0 Å². The van der Waals surface area contributed by atoms with Gasteiger partial charge in [0.2, 0.25) is 0 Å². The number of carbonyl (C=O) groups is 2. The average molecular weight is 607 g/mol. The minimum Gasteiger partial charge on any atom is -0.382 e. The summed E-state index contributed by atoms with van der Waals surface area (Å²) in [5, 5.41) is 17.2. The lowest BCUT2D eigenvalue weighted by molar-refractivity contribution is -0.150. The minimum atomic E-state index is -4.59. The lowest BCUT2D eigenvalue weighted by atomic mass is 9.80. The van der Waals surface area contributed by atoms with Gasteiger partial charge in [0.25, 0.3) is 5.91 Å². The number of amides is 3. The number of alkyl halides is 3. The summed E-state index contributed by atoms with van der Waals surface area (Å²) in [6, 6.07) is -2.65. The fourth-order valence-electron chi connectivity index (χ4n) is 5.85. The Balaban J connectivity index is 1.29. The maximum atomic E-state index is 13.4. The number of ether oxygens (including phenoxy) is 1. The molecule has 0 aromatic carbocycles. The zero-order chi connectivity index (χ0) is 30.3. The van der Waals surface area contributed by atoms with Crippen molar-refractivity contribution < 1.29 is 36.5 Å². The summed E-state index contributed by atoms with van der Waals surface area (Å²) in [5.74, 6) is -0.389. The Bertz CT molecular complexity index is 1520. The molecule has 230 valence electrons. The van der Waals surface area contributed by atoms with E-state index in [4.69, 9.17) is 14.3 Å². The monoisotopic (exact) mass is 606 g/mol. The van der Waals surface area contributed by atoms with E-state index in [0.29, 0.717) is 60.2 Å². The quantitative estimate of drug-likeness (QED) is 0.347. The number of urea groups is 1. The van der Waals surface area contributed by atoms with Crippen LogP contribution >= 0.6 is 0 Å². The average Bonchev–Trinajstić information content (AvgIpc) is 3.37. The standard InChI is InChI=1S/C27H30F4N8O4/c1-42-13-19(38-12-20(27(29,30)31)34-26(38)41)17-8-21-33-18(11-39(21)32-10-17)22(15-4-2-14(9-28)3-5-15)35-25(40)24-23(16-6-7-16)36-43-37-24/h8-11,15-16,19-20,22H,2-7,12-13H2,1H3,(H,34,41)(H,35,40)/t15?,19-,20+,22?/m1/s1. The molecule has 0 bridgehead atoms. The maximum absolute atomic E-state index is 13.4. The molecule has 0 spiro atoms. The smallest absolute Gasteiger partial charge is 0.382 e. The zero-order valence-corrected chi connectivity index (χ0v) is 23.2. The van der Waals surface area contributed by atoms with E-state index in [0.717, 1.165) is 17.7 Å². The van der Waals surface area contributed by atoms with Gasteiger partial charge in [-0.15, -0.1) is 0 Å². The van der Waals surface area contributed by atoms with E-state index >= 15 is 0 Å². The molecule has 3 aromatic heterocycles. The molecule has 4 heterocycles. The topological polar surface area (TPSA) is 140 Å². The fourth-order valence-corrected chi connectivity index (χ4v) is 5.85. The van der Waals surface area contributed by atoms with Crippen molar-refractivity contribution in [2.24, 2.45) is 5.92 Å². The minimum absolute atomic E-state index is 0.0658. The molecule has 43 heavy (non-hydrogen) atoms. The van der Waals surface area contributed by atoms with Crippen LogP contribution in [0.5, 0.6) is 0 Å². The van der Waals surface area contributed by atoms with Gasteiger partial charge in [-0.1, -0.05) is 5.16 Å². The summed E-state index contributed by atoms with van der Waals surface area (Å²) in [4.78, 5) is 31.7. The summed E-state index contributed by atoms with van der Waals surface area (Å²) in [6.45, 7) is -0.643. The summed E-state index contributed by atoms with van der Waals surface area (Å²) in [5.41, 5.74) is 2.65. The Kier molecular flexibility index (Phi) is 7.79. The molecule has 6 rings (SSSR count). The van der Waals surface area contributed by atoms with Crippen LogP contribution in [0.25, 0.3) is 5.65 Å². The lowest BCUT2D eigenvalue weighted by Gasteiger charge is -2.30. The number of hydrogen-bond donors (Lipinski definition) is 2. The van der Waals surface area contributed by atoms with Crippen molar-refractivity contribution >= 4 is 17.6 Å². The number of nitrogens with one attached hydrogen (secondary N) is 2. The van der Waals surface area contributed by atoms with Gasteiger partial charge in [-0.05, 0) is 61.2 Å². The second-order valence-corrected chi connectivity index (χ2v) is 11.3. The number of aromatic nitrogens is 5. The van der Waals surface area contributed by atoms with Crippen molar-refractivity contribution in [1.29, 1.82) is 0 Å². The Hall–Kier alpha value is -4.08. The van der Waals surface area contributed by atoms with E-state index in [9.17, 15) is 27.2 Å². The normalized spacial score (nSPS) is 22.5. The fraction of sp³-hybridized carbons (Fsp3) is 0.556. The molecule has 3 fully saturated rings. The van der Waals surface area contributed by atoms with Crippen LogP contribution in [-0.2, 0) is 4.74 Å². The van der Waals surface area contributed by atoms with Crippen molar-refractivity contribution in [3.63, 3.8) is 0 Å². The molecule has 2 N–H and O–H groups in total. The lowest BCUT2D eigenvalue weighted by Crippen LogP contribution is -2.40. The number of hydrogen-bond acceptors (Lipinski definition) is 8. The van der Waals surface area contributed by atoms with Gasteiger partial charge in [0.05, 0.1) is 49.7 Å². The number of nitrogens with zero attached hydrogens (tertiary/aromatic N) is 6. The number of allylic oxidation sites excluding steroid dienone is 1. The van der Waals surface area contributed by atoms with Gasteiger partial charge in [0, 0.05) is 18.6 Å². The Morgan fingerprint density at radius 1 is 1.26 bits per heavy atom. The van der Waals surface area contributed by atoms with Crippen molar-refractivity contribution in [2.45, 2.75) is 68.7 Å². The SMILES string of the molecule is COC[C@H](c1cnn2cc(C(NC(=O)c3nonc3C3CC3)C3CCC(=CF)CC3)nc2c1)N1C[C@@H](C(F)(F)F)NC1=O. The van der Waals surface area contributed by atoms with Crippen LogP contribution in [0.15, 0.2) is 35.0 Å². The molecule has 1 aliphatic heterocycles. The van der Waals surface area contributed by atoms with Crippen LogP contribution in [-0.4, -0.2) is 74.2 Å². The van der Waals surface area contributed by atoms with Crippen LogP contribution in [0, 0.1) is 5.92 Å². The Morgan fingerprint density at radius 2 is 2.02 bits per heavy atom. The van der Waals surface area contributed by atoms with Crippen molar-refractivity contribution in [2.75, 3.05) is 20.3 Å². The molecule has 3 aromatic rings. The first-order valence-corrected chi connectivity index (χ1v) is 14.1. The van der Waals surface area contributed by atoms with E-state index in [-0.39, 0.29) is 24.1 Å². The second-order valence-electron chi connectivity index (χ2n) is 11.3. The van der Waals surface area contributed by atoms with E-state index in [1.807, 2.05) is 5.32 Å². The molecule has 0 radical (unpaired) electrons. The third-order valence-electron chi connectivity index (χ3n) is 8.37. The molecular weight excluding hydrogens is 576 g/mol. The van der Waals surface area contributed by atoms with Crippen LogP contribution in [0.1, 0.15) is 84.0 Å². The largest absolute Gasteiger partial charge is 0.410 e. The third kappa shape index (κ3) is 5.92. The number of imidazole rings is 1. The predicted octanol–water partition coefficient (Wildman–Crippen LogP) is 4.15. The summed E-state index contributed by atoms with van der Waals surface area (Å²) in [7, 11) is 1.39. The van der Waals surface area contributed by atoms with Crippen molar-refractivity contribution in [3.05, 3.63) is 53.0 Å². The van der Waals surface area contributed by atoms with Gasteiger partial charge in [0.1, 0.15) is 11.7 Å². The third-order valence-corrected chi connectivity index (χ3v) is 8.37.